The maximum absolute atomic E-state index is 12.0. The first-order valence-corrected chi connectivity index (χ1v) is 8.60. The van der Waals surface area contributed by atoms with Gasteiger partial charge in [-0.25, -0.2) is 8.42 Å². The molecule has 4 nitrogen and oxygen atoms in total. The van der Waals surface area contributed by atoms with E-state index >= 15 is 0 Å². The Labute approximate surface area is 122 Å². The molecule has 0 fully saturated rings. The molecule has 114 valence electrons. The molecule has 1 aromatic rings. The first-order chi connectivity index (χ1) is 9.26. The zero-order valence-electron chi connectivity index (χ0n) is 12.8. The molecule has 1 aromatic carbocycles. The van der Waals surface area contributed by atoms with Crippen LogP contribution in [-0.4, -0.2) is 32.1 Å². The molecule has 0 atom stereocenters. The van der Waals surface area contributed by atoms with E-state index < -0.39 is 14.6 Å². The Hall–Kier alpha value is -1.23. The smallest absolute Gasteiger partial charge is 0.156 e. The SMILES string of the molecule is CCCOc1ccc(NCCS(=O)(=O)C(C)(C)C)cc1. The largest absolute Gasteiger partial charge is 0.494 e. The topological polar surface area (TPSA) is 55.4 Å². The van der Waals surface area contributed by atoms with Crippen LogP contribution in [0.5, 0.6) is 5.75 Å². The van der Waals surface area contributed by atoms with Gasteiger partial charge in [-0.15, -0.1) is 0 Å². The standard InChI is InChI=1S/C15H25NO3S/c1-5-11-19-14-8-6-13(7-9-14)16-10-12-20(17,18)15(2,3)4/h6-9,16H,5,10-12H2,1-4H3. The summed E-state index contributed by atoms with van der Waals surface area (Å²) in [5.74, 6) is 0.963. The Balaban J connectivity index is 2.47. The van der Waals surface area contributed by atoms with Crippen LogP contribution in [0.15, 0.2) is 24.3 Å². The van der Waals surface area contributed by atoms with Gasteiger partial charge in [0.15, 0.2) is 9.84 Å². The second-order valence-electron chi connectivity index (χ2n) is 5.73. The van der Waals surface area contributed by atoms with Gasteiger partial charge in [0.05, 0.1) is 17.1 Å². The minimum atomic E-state index is -3.08. The molecule has 1 rings (SSSR count). The summed E-state index contributed by atoms with van der Waals surface area (Å²) in [5, 5.41) is 3.12. The van der Waals surface area contributed by atoms with Crippen molar-refractivity contribution < 1.29 is 13.2 Å². The van der Waals surface area contributed by atoms with Crippen molar-refractivity contribution in [2.45, 2.75) is 38.9 Å². The van der Waals surface area contributed by atoms with Crippen LogP contribution in [0, 0.1) is 0 Å². The number of nitrogens with one attached hydrogen (secondary N) is 1. The van der Waals surface area contributed by atoms with Crippen molar-refractivity contribution in [3.63, 3.8) is 0 Å². The molecule has 1 N–H and O–H groups in total. The predicted octanol–water partition coefficient (Wildman–Crippen LogP) is 3.10. The number of anilines is 1. The number of benzene rings is 1. The Morgan fingerprint density at radius 1 is 1.15 bits per heavy atom. The van der Waals surface area contributed by atoms with E-state index in [1.54, 1.807) is 20.8 Å². The molecule has 0 radical (unpaired) electrons. The Morgan fingerprint density at radius 3 is 2.25 bits per heavy atom. The molecule has 0 aromatic heterocycles. The summed E-state index contributed by atoms with van der Waals surface area (Å²) in [7, 11) is -3.08. The molecular formula is C15H25NO3S. The highest BCUT2D eigenvalue weighted by atomic mass is 32.2. The second kappa shape index (κ2) is 6.97. The van der Waals surface area contributed by atoms with Gasteiger partial charge in [0.1, 0.15) is 5.75 Å². The fraction of sp³-hybridized carbons (Fsp3) is 0.600. The maximum Gasteiger partial charge on any atom is 0.156 e. The molecular weight excluding hydrogens is 274 g/mol. The third-order valence-corrected chi connectivity index (χ3v) is 5.57. The third-order valence-electron chi connectivity index (χ3n) is 2.96. The van der Waals surface area contributed by atoms with Crippen molar-refractivity contribution in [1.29, 1.82) is 0 Å². The monoisotopic (exact) mass is 299 g/mol. The van der Waals surface area contributed by atoms with Crippen LogP contribution >= 0.6 is 0 Å². The first kappa shape index (κ1) is 16.8. The van der Waals surface area contributed by atoms with Crippen molar-refractivity contribution >= 4 is 15.5 Å². The van der Waals surface area contributed by atoms with E-state index in [0.29, 0.717) is 13.2 Å². The molecule has 0 saturated carbocycles. The molecule has 0 aliphatic rings. The van der Waals surface area contributed by atoms with Crippen LogP contribution < -0.4 is 10.1 Å². The van der Waals surface area contributed by atoms with Gasteiger partial charge in [-0.1, -0.05) is 6.92 Å². The van der Waals surface area contributed by atoms with Gasteiger partial charge in [0, 0.05) is 12.2 Å². The highest BCUT2D eigenvalue weighted by Crippen LogP contribution is 2.18. The molecule has 0 heterocycles. The van der Waals surface area contributed by atoms with Gasteiger partial charge in [-0.05, 0) is 51.5 Å². The molecule has 0 aliphatic carbocycles. The molecule has 0 amide bonds. The van der Waals surface area contributed by atoms with Crippen molar-refractivity contribution in [2.24, 2.45) is 0 Å². The molecule has 0 spiro atoms. The van der Waals surface area contributed by atoms with Crippen LogP contribution in [0.4, 0.5) is 5.69 Å². The molecule has 0 aliphatic heterocycles. The van der Waals surface area contributed by atoms with Gasteiger partial charge >= 0.3 is 0 Å². The van der Waals surface area contributed by atoms with E-state index in [-0.39, 0.29) is 5.75 Å². The van der Waals surface area contributed by atoms with E-state index in [4.69, 9.17) is 4.74 Å². The lowest BCUT2D eigenvalue weighted by Crippen LogP contribution is -2.32. The third kappa shape index (κ3) is 5.04. The summed E-state index contributed by atoms with van der Waals surface area (Å²) < 4.78 is 28.7. The van der Waals surface area contributed by atoms with Crippen molar-refractivity contribution in [2.75, 3.05) is 24.2 Å². The van der Waals surface area contributed by atoms with Crippen molar-refractivity contribution in [1.82, 2.24) is 0 Å². The van der Waals surface area contributed by atoms with Gasteiger partial charge in [-0.3, -0.25) is 0 Å². The average molecular weight is 299 g/mol. The zero-order valence-corrected chi connectivity index (χ0v) is 13.6. The molecule has 5 heteroatoms. The van der Waals surface area contributed by atoms with Crippen molar-refractivity contribution in [3.8, 4) is 5.75 Å². The average Bonchev–Trinajstić information content (AvgIpc) is 2.36. The van der Waals surface area contributed by atoms with Gasteiger partial charge in [-0.2, -0.15) is 0 Å². The summed E-state index contributed by atoms with van der Waals surface area (Å²) in [6.07, 6.45) is 0.977. The van der Waals surface area contributed by atoms with Crippen molar-refractivity contribution in [3.05, 3.63) is 24.3 Å². The Kier molecular flexibility index (Phi) is 5.87. The number of ether oxygens (including phenoxy) is 1. The lowest BCUT2D eigenvalue weighted by Gasteiger charge is -2.19. The first-order valence-electron chi connectivity index (χ1n) is 6.95. The van der Waals surface area contributed by atoms with Crippen LogP contribution in [0.3, 0.4) is 0 Å². The van der Waals surface area contributed by atoms with Gasteiger partial charge in [0.25, 0.3) is 0 Å². The number of sulfone groups is 1. The van der Waals surface area contributed by atoms with Crippen LogP contribution in [0.2, 0.25) is 0 Å². The fourth-order valence-corrected chi connectivity index (χ4v) is 2.51. The Bertz CT molecular complexity index is 501. The summed E-state index contributed by atoms with van der Waals surface area (Å²) >= 11 is 0. The van der Waals surface area contributed by atoms with Crippen LogP contribution in [-0.2, 0) is 9.84 Å². The van der Waals surface area contributed by atoms with Gasteiger partial charge < -0.3 is 10.1 Å². The summed E-state index contributed by atoms with van der Waals surface area (Å²) in [6.45, 7) is 8.35. The number of rotatable bonds is 7. The Morgan fingerprint density at radius 2 is 1.75 bits per heavy atom. The minimum absolute atomic E-state index is 0.130. The highest BCUT2D eigenvalue weighted by molar-refractivity contribution is 7.92. The molecule has 0 saturated heterocycles. The second-order valence-corrected chi connectivity index (χ2v) is 8.59. The van der Waals surface area contributed by atoms with Crippen LogP contribution in [0.25, 0.3) is 0 Å². The summed E-state index contributed by atoms with van der Waals surface area (Å²) in [5.41, 5.74) is 0.901. The predicted molar refractivity (Wildman–Crippen MR) is 84.3 cm³/mol. The quantitative estimate of drug-likeness (QED) is 0.840. The lowest BCUT2D eigenvalue weighted by molar-refractivity contribution is 0.317. The number of hydrogen-bond donors (Lipinski definition) is 1. The normalized spacial score (nSPS) is 12.2. The molecule has 0 bridgehead atoms. The van der Waals surface area contributed by atoms with E-state index in [1.807, 2.05) is 24.3 Å². The van der Waals surface area contributed by atoms with E-state index in [1.165, 1.54) is 0 Å². The van der Waals surface area contributed by atoms with E-state index in [9.17, 15) is 8.42 Å². The lowest BCUT2D eigenvalue weighted by atomic mass is 10.3. The van der Waals surface area contributed by atoms with Gasteiger partial charge in [0.2, 0.25) is 0 Å². The fourth-order valence-electron chi connectivity index (χ4n) is 1.52. The summed E-state index contributed by atoms with van der Waals surface area (Å²) in [6, 6.07) is 7.57. The molecule has 0 unspecified atom stereocenters. The maximum atomic E-state index is 12.0. The number of hydrogen-bond acceptors (Lipinski definition) is 4. The van der Waals surface area contributed by atoms with E-state index in [0.717, 1.165) is 17.9 Å². The van der Waals surface area contributed by atoms with Crippen LogP contribution in [0.1, 0.15) is 34.1 Å². The highest BCUT2D eigenvalue weighted by Gasteiger charge is 2.28. The zero-order chi connectivity index (χ0) is 15.2. The summed E-state index contributed by atoms with van der Waals surface area (Å²) in [4.78, 5) is 0. The minimum Gasteiger partial charge on any atom is -0.494 e. The molecule has 20 heavy (non-hydrogen) atoms. The van der Waals surface area contributed by atoms with E-state index in [2.05, 4.69) is 12.2 Å².